The first-order valence-electron chi connectivity index (χ1n) is 9.59. The predicted molar refractivity (Wildman–Crippen MR) is 122 cm³/mol. The van der Waals surface area contributed by atoms with Crippen molar-refractivity contribution in [3.05, 3.63) is 86.9 Å². The summed E-state index contributed by atoms with van der Waals surface area (Å²) in [5, 5.41) is 14.2. The summed E-state index contributed by atoms with van der Waals surface area (Å²) >= 11 is 6.37. The van der Waals surface area contributed by atoms with Gasteiger partial charge in [-0.05, 0) is 43.5 Å². The molecule has 31 heavy (non-hydrogen) atoms. The van der Waals surface area contributed by atoms with Gasteiger partial charge < -0.3 is 11.1 Å². The third-order valence-electron chi connectivity index (χ3n) is 5.04. The standard InChI is InChI=1S/C23H19ClN6O/c1-13-6-8-17(9-7-13)30-19(10-15-4-3-5-18(24)20(15)22(30)31)14(2)28-21-16(11-25)12-27-23(26)29-21/h3-10,12,14H,1-2H3,(H3,26,27,28,29). The summed E-state index contributed by atoms with van der Waals surface area (Å²) in [6.07, 6.45) is 1.37. The van der Waals surface area contributed by atoms with Gasteiger partial charge in [0.2, 0.25) is 5.95 Å². The van der Waals surface area contributed by atoms with Gasteiger partial charge >= 0.3 is 0 Å². The number of rotatable bonds is 4. The lowest BCUT2D eigenvalue weighted by atomic mass is 10.1. The molecule has 154 valence electrons. The number of pyridine rings is 1. The number of nitrogen functional groups attached to an aromatic ring is 1. The van der Waals surface area contributed by atoms with Crippen molar-refractivity contribution < 1.29 is 0 Å². The summed E-state index contributed by atoms with van der Waals surface area (Å²) in [4.78, 5) is 21.6. The van der Waals surface area contributed by atoms with E-state index in [9.17, 15) is 10.1 Å². The van der Waals surface area contributed by atoms with Gasteiger partial charge in [0.1, 0.15) is 17.5 Å². The summed E-state index contributed by atoms with van der Waals surface area (Å²) < 4.78 is 1.63. The quantitative estimate of drug-likeness (QED) is 0.497. The lowest BCUT2D eigenvalue weighted by Crippen LogP contribution is -2.26. The number of fused-ring (bicyclic) bond motifs is 1. The van der Waals surface area contributed by atoms with E-state index in [0.29, 0.717) is 27.6 Å². The molecule has 0 spiro atoms. The predicted octanol–water partition coefficient (Wildman–Crippen LogP) is 4.37. The zero-order valence-electron chi connectivity index (χ0n) is 16.9. The second-order valence-corrected chi connectivity index (χ2v) is 7.62. The first kappa shape index (κ1) is 20.4. The molecule has 2 aromatic carbocycles. The van der Waals surface area contributed by atoms with Gasteiger partial charge in [-0.1, -0.05) is 41.4 Å². The van der Waals surface area contributed by atoms with E-state index in [2.05, 4.69) is 21.4 Å². The number of nitrogens with zero attached hydrogens (tertiary/aromatic N) is 4. The van der Waals surface area contributed by atoms with E-state index in [1.807, 2.05) is 50.2 Å². The Labute approximate surface area is 183 Å². The van der Waals surface area contributed by atoms with Crippen LogP contribution < -0.4 is 16.6 Å². The van der Waals surface area contributed by atoms with Crippen molar-refractivity contribution in [3.8, 4) is 11.8 Å². The summed E-state index contributed by atoms with van der Waals surface area (Å²) in [6, 6.07) is 16.6. The molecule has 0 saturated heterocycles. The first-order chi connectivity index (χ1) is 14.9. The van der Waals surface area contributed by atoms with Gasteiger partial charge in [-0.3, -0.25) is 9.36 Å². The largest absolute Gasteiger partial charge is 0.368 e. The van der Waals surface area contributed by atoms with Crippen LogP contribution in [-0.2, 0) is 0 Å². The van der Waals surface area contributed by atoms with Crippen molar-refractivity contribution in [1.29, 1.82) is 5.26 Å². The molecule has 1 atom stereocenters. The first-order valence-corrected chi connectivity index (χ1v) is 9.97. The highest BCUT2D eigenvalue weighted by molar-refractivity contribution is 6.35. The lowest BCUT2D eigenvalue weighted by Gasteiger charge is -2.22. The fraction of sp³-hybridized carbons (Fsp3) is 0.130. The van der Waals surface area contributed by atoms with Gasteiger partial charge in [-0.25, -0.2) is 4.98 Å². The molecule has 0 radical (unpaired) electrons. The maximum Gasteiger partial charge on any atom is 0.264 e. The molecule has 8 heteroatoms. The molecule has 2 aromatic heterocycles. The molecule has 0 aliphatic rings. The second-order valence-electron chi connectivity index (χ2n) is 7.22. The number of aromatic nitrogens is 3. The highest BCUT2D eigenvalue weighted by Crippen LogP contribution is 2.27. The second kappa shape index (κ2) is 8.09. The SMILES string of the molecule is Cc1ccc(-n2c(C(C)Nc3nc(N)ncc3C#N)cc3cccc(Cl)c3c2=O)cc1. The van der Waals surface area contributed by atoms with Crippen LogP contribution in [0.2, 0.25) is 5.02 Å². The molecule has 1 unspecified atom stereocenters. The van der Waals surface area contributed by atoms with Gasteiger partial charge in [0.25, 0.3) is 5.56 Å². The van der Waals surface area contributed by atoms with Crippen molar-refractivity contribution in [3.63, 3.8) is 0 Å². The summed E-state index contributed by atoms with van der Waals surface area (Å²) in [5.74, 6) is 0.353. The third-order valence-corrected chi connectivity index (χ3v) is 5.36. The monoisotopic (exact) mass is 430 g/mol. The Morgan fingerprint density at radius 2 is 1.97 bits per heavy atom. The number of hydrogen-bond donors (Lipinski definition) is 2. The third kappa shape index (κ3) is 3.81. The summed E-state index contributed by atoms with van der Waals surface area (Å²) in [6.45, 7) is 3.87. The Bertz CT molecular complexity index is 1390. The minimum absolute atomic E-state index is 0.0509. The van der Waals surface area contributed by atoms with Crippen molar-refractivity contribution in [2.45, 2.75) is 19.9 Å². The molecular formula is C23H19ClN6O. The van der Waals surface area contributed by atoms with Crippen LogP contribution in [0.1, 0.15) is 29.8 Å². The highest BCUT2D eigenvalue weighted by Gasteiger charge is 2.19. The van der Waals surface area contributed by atoms with Crippen molar-refractivity contribution in [2.24, 2.45) is 0 Å². The van der Waals surface area contributed by atoms with Crippen LogP contribution in [0.25, 0.3) is 16.5 Å². The Morgan fingerprint density at radius 3 is 2.68 bits per heavy atom. The molecule has 0 aliphatic carbocycles. The Hall–Kier alpha value is -3.89. The number of nitrogens with one attached hydrogen (secondary N) is 1. The molecule has 2 heterocycles. The molecule has 0 amide bonds. The number of hydrogen-bond acceptors (Lipinski definition) is 6. The van der Waals surface area contributed by atoms with E-state index >= 15 is 0 Å². The van der Waals surface area contributed by atoms with Crippen molar-refractivity contribution >= 4 is 34.1 Å². The van der Waals surface area contributed by atoms with Crippen molar-refractivity contribution in [1.82, 2.24) is 14.5 Å². The van der Waals surface area contributed by atoms with E-state index in [1.165, 1.54) is 6.20 Å². The van der Waals surface area contributed by atoms with E-state index in [4.69, 9.17) is 17.3 Å². The molecule has 0 bridgehead atoms. The van der Waals surface area contributed by atoms with E-state index in [0.717, 1.165) is 10.9 Å². The van der Waals surface area contributed by atoms with E-state index in [-0.39, 0.29) is 17.1 Å². The average Bonchev–Trinajstić information content (AvgIpc) is 2.74. The zero-order valence-corrected chi connectivity index (χ0v) is 17.7. The Balaban J connectivity index is 1.93. The molecule has 4 aromatic rings. The maximum absolute atomic E-state index is 13.5. The highest BCUT2D eigenvalue weighted by atomic mass is 35.5. The van der Waals surface area contributed by atoms with E-state index < -0.39 is 6.04 Å². The average molecular weight is 431 g/mol. The smallest absolute Gasteiger partial charge is 0.264 e. The minimum Gasteiger partial charge on any atom is -0.368 e. The van der Waals surface area contributed by atoms with Gasteiger partial charge in [-0.15, -0.1) is 0 Å². The van der Waals surface area contributed by atoms with Gasteiger partial charge in [0.15, 0.2) is 0 Å². The number of benzene rings is 2. The van der Waals surface area contributed by atoms with Crippen LogP contribution in [0.5, 0.6) is 0 Å². The van der Waals surface area contributed by atoms with Crippen LogP contribution in [0.4, 0.5) is 11.8 Å². The number of halogens is 1. The topological polar surface area (TPSA) is 110 Å². The molecule has 0 fully saturated rings. The number of nitrogens with two attached hydrogens (primary N) is 1. The number of anilines is 2. The molecule has 4 rings (SSSR count). The molecule has 7 nitrogen and oxygen atoms in total. The van der Waals surface area contributed by atoms with Crippen LogP contribution >= 0.6 is 11.6 Å². The van der Waals surface area contributed by atoms with Crippen molar-refractivity contribution in [2.75, 3.05) is 11.1 Å². The lowest BCUT2D eigenvalue weighted by molar-refractivity contribution is 0.772. The fourth-order valence-electron chi connectivity index (χ4n) is 3.48. The Kier molecular flexibility index (Phi) is 5.32. The zero-order chi connectivity index (χ0) is 22.1. The molecule has 3 N–H and O–H groups in total. The summed E-state index contributed by atoms with van der Waals surface area (Å²) in [7, 11) is 0. The van der Waals surface area contributed by atoms with Crippen LogP contribution in [-0.4, -0.2) is 14.5 Å². The molecule has 0 aliphatic heterocycles. The molecular weight excluding hydrogens is 412 g/mol. The molecule has 0 saturated carbocycles. The number of aryl methyl sites for hydroxylation is 1. The van der Waals surface area contributed by atoms with Crippen LogP contribution in [0, 0.1) is 18.3 Å². The van der Waals surface area contributed by atoms with Crippen LogP contribution in [0.3, 0.4) is 0 Å². The van der Waals surface area contributed by atoms with Gasteiger partial charge in [-0.2, -0.15) is 10.2 Å². The maximum atomic E-state index is 13.5. The normalized spacial score (nSPS) is 11.8. The number of nitriles is 1. The van der Waals surface area contributed by atoms with E-state index in [1.54, 1.807) is 16.7 Å². The fourth-order valence-corrected chi connectivity index (χ4v) is 3.75. The minimum atomic E-state index is -0.390. The summed E-state index contributed by atoms with van der Waals surface area (Å²) in [5.41, 5.74) is 8.22. The van der Waals surface area contributed by atoms with Gasteiger partial charge in [0.05, 0.1) is 22.6 Å². The Morgan fingerprint density at radius 1 is 1.23 bits per heavy atom. The van der Waals surface area contributed by atoms with Crippen LogP contribution in [0.15, 0.2) is 59.5 Å². The van der Waals surface area contributed by atoms with Gasteiger partial charge in [0, 0.05) is 11.4 Å².